The summed E-state index contributed by atoms with van der Waals surface area (Å²) in [6, 6.07) is 10.2. The number of hydrogen-bond acceptors (Lipinski definition) is 6. The summed E-state index contributed by atoms with van der Waals surface area (Å²) in [5.74, 6) is -3.21. The zero-order valence-corrected chi connectivity index (χ0v) is 24.3. The number of sulfone groups is 2. The summed E-state index contributed by atoms with van der Waals surface area (Å²) in [5, 5.41) is 0. The van der Waals surface area contributed by atoms with E-state index in [0.29, 0.717) is 11.1 Å². The molecule has 0 spiro atoms. The van der Waals surface area contributed by atoms with Crippen LogP contribution in [0.1, 0.15) is 35.1 Å². The highest BCUT2D eigenvalue weighted by Gasteiger charge is 2.60. The van der Waals surface area contributed by atoms with Gasteiger partial charge >= 0.3 is 6.18 Å². The molecule has 0 saturated carbocycles. The van der Waals surface area contributed by atoms with Gasteiger partial charge in [0.2, 0.25) is 5.91 Å². The molecule has 1 heterocycles. The van der Waals surface area contributed by atoms with Gasteiger partial charge in [0.15, 0.2) is 19.7 Å². The number of benzene rings is 3. The highest BCUT2D eigenvalue weighted by molar-refractivity contribution is 7.92. The molecule has 5 rings (SSSR count). The van der Waals surface area contributed by atoms with Gasteiger partial charge in [0, 0.05) is 18.4 Å². The van der Waals surface area contributed by atoms with Crippen molar-refractivity contribution in [2.24, 2.45) is 0 Å². The molecular weight excluding hydrogens is 617 g/mol. The van der Waals surface area contributed by atoms with Gasteiger partial charge in [-0.25, -0.2) is 25.6 Å². The molecular formula is C29H26F5NO6S2. The molecule has 3 aromatic rings. The minimum Gasteiger partial charge on any atom is -0.489 e. The van der Waals surface area contributed by atoms with Crippen molar-refractivity contribution in [1.29, 1.82) is 0 Å². The minimum atomic E-state index is -4.81. The number of carbonyl (C=O) groups is 1. The van der Waals surface area contributed by atoms with Gasteiger partial charge in [-0.2, -0.15) is 13.2 Å². The molecule has 2 atom stereocenters. The Kier molecular flexibility index (Phi) is 7.83. The Hall–Kier alpha value is -3.52. The van der Waals surface area contributed by atoms with Crippen LogP contribution in [0.3, 0.4) is 0 Å². The lowest BCUT2D eigenvalue weighted by atomic mass is 9.78. The molecule has 3 aromatic carbocycles. The molecule has 0 aromatic heterocycles. The Labute approximate surface area is 245 Å². The molecule has 1 fully saturated rings. The van der Waals surface area contributed by atoms with Crippen LogP contribution in [0.2, 0.25) is 0 Å². The summed E-state index contributed by atoms with van der Waals surface area (Å²) in [5.41, 5.74) is -1.06. The van der Waals surface area contributed by atoms with E-state index >= 15 is 0 Å². The highest BCUT2D eigenvalue weighted by Crippen LogP contribution is 2.53. The first kappa shape index (κ1) is 30.9. The quantitative estimate of drug-likeness (QED) is 0.271. The van der Waals surface area contributed by atoms with Crippen LogP contribution in [0, 0.1) is 11.6 Å². The predicted octanol–water partition coefficient (Wildman–Crippen LogP) is 4.82. The van der Waals surface area contributed by atoms with Gasteiger partial charge < -0.3 is 9.64 Å². The first-order chi connectivity index (χ1) is 20.0. The first-order valence-electron chi connectivity index (χ1n) is 13.1. The van der Waals surface area contributed by atoms with Crippen LogP contribution in [0.4, 0.5) is 22.0 Å². The fourth-order valence-electron chi connectivity index (χ4n) is 6.15. The molecule has 230 valence electrons. The Balaban J connectivity index is 1.55. The van der Waals surface area contributed by atoms with E-state index in [1.54, 1.807) is 0 Å². The molecule has 1 saturated heterocycles. The maximum absolute atomic E-state index is 14.3. The van der Waals surface area contributed by atoms with Crippen LogP contribution in [0.15, 0.2) is 65.6 Å². The van der Waals surface area contributed by atoms with E-state index in [1.807, 2.05) is 0 Å². The average Bonchev–Trinajstić information content (AvgIpc) is 3.33. The van der Waals surface area contributed by atoms with Crippen molar-refractivity contribution in [3.8, 4) is 5.75 Å². The zero-order chi connectivity index (χ0) is 31.4. The van der Waals surface area contributed by atoms with Gasteiger partial charge in [-0.3, -0.25) is 4.79 Å². The van der Waals surface area contributed by atoms with Gasteiger partial charge in [-0.15, -0.1) is 0 Å². The van der Waals surface area contributed by atoms with Gasteiger partial charge in [0.25, 0.3) is 0 Å². The first-order valence-corrected chi connectivity index (χ1v) is 16.7. The summed E-state index contributed by atoms with van der Waals surface area (Å²) < 4.78 is 125. The topological polar surface area (TPSA) is 97.8 Å². The van der Waals surface area contributed by atoms with Gasteiger partial charge in [0.05, 0.1) is 16.5 Å². The molecule has 0 N–H and O–H groups in total. The number of rotatable bonds is 7. The van der Waals surface area contributed by atoms with Crippen LogP contribution in [0.25, 0.3) is 0 Å². The van der Waals surface area contributed by atoms with Crippen LogP contribution >= 0.6 is 0 Å². The molecule has 7 nitrogen and oxygen atoms in total. The summed E-state index contributed by atoms with van der Waals surface area (Å²) >= 11 is 0. The summed E-state index contributed by atoms with van der Waals surface area (Å²) in [6.45, 7) is -0.791. The number of hydrogen-bond donors (Lipinski definition) is 0. The number of aryl methyl sites for hydroxylation is 1. The number of amides is 1. The maximum atomic E-state index is 14.3. The van der Waals surface area contributed by atoms with Crippen LogP contribution < -0.4 is 4.74 Å². The Morgan fingerprint density at radius 2 is 1.72 bits per heavy atom. The third-order valence-electron chi connectivity index (χ3n) is 7.98. The Morgan fingerprint density at radius 1 is 1.02 bits per heavy atom. The van der Waals surface area contributed by atoms with Crippen molar-refractivity contribution < 1.29 is 48.3 Å². The fourth-order valence-corrected chi connectivity index (χ4v) is 9.13. The number of halogens is 5. The molecule has 0 radical (unpaired) electrons. The van der Waals surface area contributed by atoms with Crippen molar-refractivity contribution in [2.75, 3.05) is 18.6 Å². The SMILES string of the molecule is CS(=O)(=O)CC(=O)N1CC[C@@]2(S(=O)(=O)c3ccc(F)cc3)c3ccc(OCc4c(F)cccc4C(F)(F)F)cc3CC[C@@H]12. The molecule has 1 amide bonds. The molecule has 0 unspecified atom stereocenters. The van der Waals surface area contributed by atoms with E-state index in [0.717, 1.165) is 48.7 Å². The number of nitrogens with zero attached hydrogens (tertiary/aromatic N) is 1. The van der Waals surface area contributed by atoms with E-state index in [4.69, 9.17) is 4.74 Å². The van der Waals surface area contributed by atoms with E-state index in [2.05, 4.69) is 0 Å². The summed E-state index contributed by atoms with van der Waals surface area (Å²) in [4.78, 5) is 14.1. The lowest BCUT2D eigenvalue weighted by Gasteiger charge is -2.42. The number of fused-ring (bicyclic) bond motifs is 3. The number of carbonyl (C=O) groups excluding carboxylic acids is 1. The monoisotopic (exact) mass is 643 g/mol. The minimum absolute atomic E-state index is 0.0510. The van der Waals surface area contributed by atoms with Crippen LogP contribution in [-0.2, 0) is 48.4 Å². The van der Waals surface area contributed by atoms with Crippen LogP contribution in [-0.4, -0.2) is 52.2 Å². The van der Waals surface area contributed by atoms with E-state index < -0.39 is 77.7 Å². The fraction of sp³-hybridized carbons (Fsp3) is 0.345. The highest BCUT2D eigenvalue weighted by atomic mass is 32.2. The largest absolute Gasteiger partial charge is 0.489 e. The molecule has 1 aliphatic heterocycles. The molecule has 1 aliphatic carbocycles. The van der Waals surface area contributed by atoms with E-state index in [-0.39, 0.29) is 36.5 Å². The maximum Gasteiger partial charge on any atom is 0.416 e. The second kappa shape index (κ2) is 10.9. The number of ether oxygens (including phenoxy) is 1. The molecule has 14 heteroatoms. The van der Waals surface area contributed by atoms with Crippen LogP contribution in [0.5, 0.6) is 5.75 Å². The van der Waals surface area contributed by atoms with Crippen molar-refractivity contribution in [3.63, 3.8) is 0 Å². The van der Waals surface area contributed by atoms with Crippen molar-refractivity contribution in [2.45, 2.75) is 47.7 Å². The Bertz CT molecular complexity index is 1790. The summed E-state index contributed by atoms with van der Waals surface area (Å²) in [6.07, 6.45) is -3.63. The zero-order valence-electron chi connectivity index (χ0n) is 22.7. The second-order valence-corrected chi connectivity index (χ2v) is 15.0. The standard InChI is InChI=1S/C29H26F5NO6S2/c1-42(37,38)17-27(36)35-14-13-28(43(39,40)21-9-6-19(30)7-10-21)23-11-8-20(15-18(23)5-12-26(28)35)41-16-22-24(29(32,33)34)3-2-4-25(22)31/h2-4,6-11,15,26H,5,12-14,16-17H2,1H3/t26-,28-/m1/s1. The van der Waals surface area contributed by atoms with Crippen molar-refractivity contribution in [3.05, 3.63) is 94.6 Å². The van der Waals surface area contributed by atoms with E-state index in [1.165, 1.54) is 23.1 Å². The Morgan fingerprint density at radius 3 is 2.37 bits per heavy atom. The number of alkyl halides is 3. The molecule has 43 heavy (non-hydrogen) atoms. The lowest BCUT2D eigenvalue weighted by Crippen LogP contribution is -2.52. The van der Waals surface area contributed by atoms with E-state index in [9.17, 15) is 43.6 Å². The second-order valence-electron chi connectivity index (χ2n) is 10.7. The smallest absolute Gasteiger partial charge is 0.416 e. The lowest BCUT2D eigenvalue weighted by molar-refractivity contribution is -0.138. The van der Waals surface area contributed by atoms with Gasteiger partial charge in [0.1, 0.15) is 34.5 Å². The number of likely N-dealkylation sites (tertiary alicyclic amines) is 1. The van der Waals surface area contributed by atoms with Gasteiger partial charge in [-0.1, -0.05) is 12.1 Å². The van der Waals surface area contributed by atoms with Crippen molar-refractivity contribution >= 4 is 25.6 Å². The average molecular weight is 644 g/mol. The molecule has 2 aliphatic rings. The third kappa shape index (κ3) is 5.62. The summed E-state index contributed by atoms with van der Waals surface area (Å²) in [7, 11) is -8.04. The van der Waals surface area contributed by atoms with Gasteiger partial charge in [-0.05, 0) is 78.9 Å². The normalized spacial score (nSPS) is 20.4. The van der Waals surface area contributed by atoms with Crippen molar-refractivity contribution in [1.82, 2.24) is 4.90 Å². The third-order valence-corrected chi connectivity index (χ3v) is 11.3. The molecule has 0 bridgehead atoms. The predicted molar refractivity (Wildman–Crippen MR) is 146 cm³/mol.